The van der Waals surface area contributed by atoms with Crippen LogP contribution in [0.4, 0.5) is 14.5 Å². The summed E-state index contributed by atoms with van der Waals surface area (Å²) in [7, 11) is 0. The van der Waals surface area contributed by atoms with Crippen LogP contribution in [0.2, 0.25) is 0 Å². The Balaban J connectivity index is 3.47. The van der Waals surface area contributed by atoms with Crippen molar-refractivity contribution in [1.29, 1.82) is 0 Å². The highest BCUT2D eigenvalue weighted by Crippen LogP contribution is 2.21. The Kier molecular flexibility index (Phi) is 2.41. The zero-order valence-electron chi connectivity index (χ0n) is 6.66. The first-order valence-electron chi connectivity index (χ1n) is 3.36. The molecule has 0 aliphatic carbocycles. The largest absolute Gasteiger partial charge is 0.366 e. The predicted octanol–water partition coefficient (Wildman–Crippen LogP) is 0.972. The van der Waals surface area contributed by atoms with E-state index in [1.807, 2.05) is 0 Å². The van der Waals surface area contributed by atoms with Gasteiger partial charge in [0.1, 0.15) is 5.82 Å². The summed E-state index contributed by atoms with van der Waals surface area (Å²) in [4.78, 5) is 19.6. The number of nitro benzene ring substituents is 1. The minimum atomic E-state index is -1.43. The fourth-order valence-corrected chi connectivity index (χ4v) is 0.887. The molecule has 1 rings (SSSR count). The number of carbonyl (C=O) groups excluding carboxylic acids is 1. The van der Waals surface area contributed by atoms with E-state index in [9.17, 15) is 23.7 Å². The first-order valence-corrected chi connectivity index (χ1v) is 3.36. The van der Waals surface area contributed by atoms with Crippen LogP contribution < -0.4 is 5.73 Å². The normalized spacial score (nSPS) is 9.86. The highest BCUT2D eigenvalue weighted by Gasteiger charge is 2.22. The second-order valence-corrected chi connectivity index (χ2v) is 2.41. The fraction of sp³-hybridized carbons (Fsp3) is 0. The molecule has 0 saturated heterocycles. The number of carbonyl (C=O) groups is 1. The molecule has 0 saturated carbocycles. The molecular weight excluding hydrogens is 198 g/mol. The Labute approximate surface area is 76.3 Å². The molecule has 0 aliphatic heterocycles. The molecule has 0 fully saturated rings. The summed E-state index contributed by atoms with van der Waals surface area (Å²) in [6.07, 6.45) is 0. The van der Waals surface area contributed by atoms with Gasteiger partial charge in [0.25, 0.3) is 5.91 Å². The van der Waals surface area contributed by atoms with Crippen LogP contribution in [0.15, 0.2) is 12.1 Å². The van der Waals surface area contributed by atoms with E-state index < -0.39 is 33.7 Å². The predicted molar refractivity (Wildman–Crippen MR) is 41.5 cm³/mol. The average molecular weight is 202 g/mol. The van der Waals surface area contributed by atoms with Gasteiger partial charge in [-0.2, -0.15) is 4.39 Å². The molecule has 2 N–H and O–H groups in total. The first-order chi connectivity index (χ1) is 6.43. The van der Waals surface area contributed by atoms with Crippen LogP contribution in [-0.2, 0) is 0 Å². The van der Waals surface area contributed by atoms with Crippen molar-refractivity contribution in [1.82, 2.24) is 0 Å². The van der Waals surface area contributed by atoms with Crippen molar-refractivity contribution in [2.75, 3.05) is 0 Å². The molecule has 0 spiro atoms. The Morgan fingerprint density at radius 1 is 1.43 bits per heavy atom. The van der Waals surface area contributed by atoms with E-state index in [0.29, 0.717) is 12.1 Å². The molecular formula is C7H4F2N2O3. The Morgan fingerprint density at radius 3 is 2.43 bits per heavy atom. The number of primary amides is 1. The van der Waals surface area contributed by atoms with Gasteiger partial charge in [-0.3, -0.25) is 14.9 Å². The maximum absolute atomic E-state index is 13.0. The number of nitrogens with two attached hydrogens (primary N) is 1. The zero-order valence-corrected chi connectivity index (χ0v) is 6.66. The SMILES string of the molecule is NC(=O)c1cc(F)cc([N+](=O)[O-])c1F. The quantitative estimate of drug-likeness (QED) is 0.572. The van der Waals surface area contributed by atoms with Gasteiger partial charge in [-0.05, 0) is 6.07 Å². The average Bonchev–Trinajstić information content (AvgIpc) is 2.07. The lowest BCUT2D eigenvalue weighted by Gasteiger charge is -1.99. The Morgan fingerprint density at radius 2 is 2.00 bits per heavy atom. The molecule has 1 aromatic carbocycles. The third-order valence-corrected chi connectivity index (χ3v) is 1.48. The van der Waals surface area contributed by atoms with Crippen LogP contribution in [0.25, 0.3) is 0 Å². The zero-order chi connectivity index (χ0) is 10.9. The third kappa shape index (κ3) is 1.65. The minimum absolute atomic E-state index is 0.377. The molecule has 0 unspecified atom stereocenters. The fourth-order valence-electron chi connectivity index (χ4n) is 0.887. The summed E-state index contributed by atoms with van der Waals surface area (Å²) in [6.45, 7) is 0. The van der Waals surface area contributed by atoms with Crippen molar-refractivity contribution in [3.05, 3.63) is 39.4 Å². The molecule has 1 amide bonds. The highest BCUT2D eigenvalue weighted by atomic mass is 19.1. The van der Waals surface area contributed by atoms with E-state index in [4.69, 9.17) is 0 Å². The lowest BCUT2D eigenvalue weighted by atomic mass is 10.1. The van der Waals surface area contributed by atoms with Gasteiger partial charge in [0, 0.05) is 0 Å². The van der Waals surface area contributed by atoms with Gasteiger partial charge in [0.15, 0.2) is 0 Å². The first kappa shape index (κ1) is 10.0. The molecule has 5 nitrogen and oxygen atoms in total. The van der Waals surface area contributed by atoms with Gasteiger partial charge in [-0.15, -0.1) is 0 Å². The number of hydrogen-bond donors (Lipinski definition) is 1. The molecule has 1 aromatic rings. The molecule has 0 bridgehead atoms. The summed E-state index contributed by atoms with van der Waals surface area (Å²) < 4.78 is 25.7. The van der Waals surface area contributed by atoms with E-state index in [1.54, 1.807) is 0 Å². The summed E-state index contributed by atoms with van der Waals surface area (Å²) >= 11 is 0. The minimum Gasteiger partial charge on any atom is -0.366 e. The van der Waals surface area contributed by atoms with E-state index >= 15 is 0 Å². The summed E-state index contributed by atoms with van der Waals surface area (Å²) in [5, 5.41) is 10.2. The molecule has 0 radical (unpaired) electrons. The number of rotatable bonds is 2. The molecule has 0 atom stereocenters. The van der Waals surface area contributed by atoms with Crippen LogP contribution >= 0.6 is 0 Å². The Hall–Kier alpha value is -2.05. The number of nitro groups is 1. The second-order valence-electron chi connectivity index (χ2n) is 2.41. The Bertz CT molecular complexity index is 384. The molecule has 0 heterocycles. The number of benzene rings is 1. The van der Waals surface area contributed by atoms with Gasteiger partial charge in [0.2, 0.25) is 5.82 Å². The number of nitrogens with zero attached hydrogens (tertiary/aromatic N) is 1. The van der Waals surface area contributed by atoms with Crippen LogP contribution in [0, 0.1) is 21.7 Å². The van der Waals surface area contributed by atoms with Crippen molar-refractivity contribution in [2.45, 2.75) is 0 Å². The summed E-state index contributed by atoms with van der Waals surface area (Å²) in [5.74, 6) is -3.78. The topological polar surface area (TPSA) is 86.2 Å². The number of halogens is 2. The van der Waals surface area contributed by atoms with Crippen LogP contribution in [0.5, 0.6) is 0 Å². The molecule has 0 aromatic heterocycles. The summed E-state index contributed by atoms with van der Waals surface area (Å²) in [6, 6.07) is 0.881. The number of hydrogen-bond acceptors (Lipinski definition) is 3. The second kappa shape index (κ2) is 3.36. The standard InChI is InChI=1S/C7H4F2N2O3/c8-3-1-4(7(10)12)6(9)5(2-3)11(13)14/h1-2H,(H2,10,12). The van der Waals surface area contributed by atoms with Gasteiger partial charge < -0.3 is 5.73 Å². The van der Waals surface area contributed by atoms with Crippen LogP contribution in [-0.4, -0.2) is 10.8 Å². The van der Waals surface area contributed by atoms with Crippen molar-refractivity contribution in [3.63, 3.8) is 0 Å². The van der Waals surface area contributed by atoms with Gasteiger partial charge in [0.05, 0.1) is 16.6 Å². The lowest BCUT2D eigenvalue weighted by Crippen LogP contribution is -2.14. The molecule has 0 aliphatic rings. The van der Waals surface area contributed by atoms with E-state index in [0.717, 1.165) is 0 Å². The van der Waals surface area contributed by atoms with Crippen molar-refractivity contribution < 1.29 is 18.5 Å². The number of amides is 1. The molecule has 74 valence electrons. The molecule has 7 heteroatoms. The lowest BCUT2D eigenvalue weighted by molar-refractivity contribution is -0.387. The van der Waals surface area contributed by atoms with Crippen molar-refractivity contribution in [2.24, 2.45) is 5.73 Å². The van der Waals surface area contributed by atoms with Crippen molar-refractivity contribution >= 4 is 11.6 Å². The van der Waals surface area contributed by atoms with Crippen molar-refractivity contribution in [3.8, 4) is 0 Å². The van der Waals surface area contributed by atoms with Gasteiger partial charge in [-0.25, -0.2) is 4.39 Å². The van der Waals surface area contributed by atoms with E-state index in [2.05, 4.69) is 5.73 Å². The van der Waals surface area contributed by atoms with E-state index in [1.165, 1.54) is 0 Å². The van der Waals surface area contributed by atoms with Crippen LogP contribution in [0.3, 0.4) is 0 Å². The van der Waals surface area contributed by atoms with Crippen LogP contribution in [0.1, 0.15) is 10.4 Å². The monoisotopic (exact) mass is 202 g/mol. The van der Waals surface area contributed by atoms with Gasteiger partial charge >= 0.3 is 5.69 Å². The highest BCUT2D eigenvalue weighted by molar-refractivity contribution is 5.93. The van der Waals surface area contributed by atoms with E-state index in [-0.39, 0.29) is 0 Å². The molecule has 14 heavy (non-hydrogen) atoms. The maximum atomic E-state index is 13.0. The smallest absolute Gasteiger partial charge is 0.308 e. The van der Waals surface area contributed by atoms with Gasteiger partial charge in [-0.1, -0.05) is 0 Å². The third-order valence-electron chi connectivity index (χ3n) is 1.48. The summed E-state index contributed by atoms with van der Waals surface area (Å²) in [5.41, 5.74) is 2.74. The maximum Gasteiger partial charge on any atom is 0.308 e.